The average Bonchev–Trinajstić information content (AvgIpc) is 3.09. The standard InChI is InChI=1S/C28H29N3O2/c1-3-33-25-13-7-11-22(18-25)21-10-6-12-23(17-21)28(26(32)31(2)27(29)30-28)24-15-14-19-8-4-5-9-20(19)16-24/h6-7,10-18H,3-5,8-9H2,1-2H3,(H2,29,30). The second-order valence-electron chi connectivity index (χ2n) is 8.78. The second-order valence-corrected chi connectivity index (χ2v) is 8.78. The number of aryl methyl sites for hydroxylation is 2. The molecule has 0 saturated carbocycles. The molecule has 0 saturated heterocycles. The van der Waals surface area contributed by atoms with Gasteiger partial charge in [0, 0.05) is 7.05 Å². The predicted molar refractivity (Wildman–Crippen MR) is 131 cm³/mol. The second kappa shape index (κ2) is 8.39. The fourth-order valence-electron chi connectivity index (χ4n) is 5.00. The van der Waals surface area contributed by atoms with Crippen LogP contribution in [0.1, 0.15) is 42.0 Å². The molecule has 2 aliphatic rings. The number of hydrogen-bond donors (Lipinski definition) is 1. The number of fused-ring (bicyclic) bond motifs is 1. The van der Waals surface area contributed by atoms with Crippen LogP contribution in [0.2, 0.25) is 0 Å². The van der Waals surface area contributed by atoms with Crippen molar-refractivity contribution in [2.75, 3.05) is 13.7 Å². The molecule has 0 radical (unpaired) electrons. The van der Waals surface area contributed by atoms with Crippen LogP contribution in [0, 0.1) is 0 Å². The zero-order valence-corrected chi connectivity index (χ0v) is 19.2. The SMILES string of the molecule is CCOc1cccc(-c2cccc(C3(c4ccc5c(c4)CCCC5)N=C(N)N(C)C3=O)c2)c1. The largest absolute Gasteiger partial charge is 0.494 e. The Balaban J connectivity index is 1.66. The maximum absolute atomic E-state index is 13.7. The quantitative estimate of drug-likeness (QED) is 0.629. The van der Waals surface area contributed by atoms with Gasteiger partial charge in [-0.1, -0.05) is 48.5 Å². The number of carbonyl (C=O) groups is 1. The van der Waals surface area contributed by atoms with E-state index in [2.05, 4.69) is 24.3 Å². The fraction of sp³-hybridized carbons (Fsp3) is 0.286. The van der Waals surface area contributed by atoms with E-state index < -0.39 is 5.54 Å². The van der Waals surface area contributed by atoms with Crippen molar-refractivity contribution >= 4 is 11.9 Å². The highest BCUT2D eigenvalue weighted by Crippen LogP contribution is 2.42. The zero-order chi connectivity index (χ0) is 23.0. The van der Waals surface area contributed by atoms with Crippen LogP contribution in [0.25, 0.3) is 11.1 Å². The van der Waals surface area contributed by atoms with Gasteiger partial charge in [0.25, 0.3) is 5.91 Å². The first kappa shape index (κ1) is 21.3. The molecule has 1 aliphatic carbocycles. The molecule has 0 fully saturated rings. The summed E-state index contributed by atoms with van der Waals surface area (Å²) in [6.45, 7) is 2.58. The highest BCUT2D eigenvalue weighted by atomic mass is 16.5. The molecule has 0 aromatic heterocycles. The van der Waals surface area contributed by atoms with Crippen molar-refractivity contribution in [3.8, 4) is 16.9 Å². The molecular weight excluding hydrogens is 410 g/mol. The Morgan fingerprint density at radius 2 is 1.64 bits per heavy atom. The van der Waals surface area contributed by atoms with E-state index in [0.29, 0.717) is 6.61 Å². The summed E-state index contributed by atoms with van der Waals surface area (Å²) in [6.07, 6.45) is 4.52. The van der Waals surface area contributed by atoms with Crippen molar-refractivity contribution in [1.82, 2.24) is 4.90 Å². The van der Waals surface area contributed by atoms with Crippen LogP contribution in [0.3, 0.4) is 0 Å². The van der Waals surface area contributed by atoms with E-state index in [4.69, 9.17) is 15.5 Å². The third-order valence-electron chi connectivity index (χ3n) is 6.77. The van der Waals surface area contributed by atoms with Crippen molar-refractivity contribution in [2.24, 2.45) is 10.7 Å². The van der Waals surface area contributed by atoms with Crippen LogP contribution in [-0.4, -0.2) is 30.4 Å². The van der Waals surface area contributed by atoms with Gasteiger partial charge in [-0.15, -0.1) is 0 Å². The van der Waals surface area contributed by atoms with E-state index in [9.17, 15) is 4.79 Å². The Morgan fingerprint density at radius 1 is 0.939 bits per heavy atom. The lowest BCUT2D eigenvalue weighted by Crippen LogP contribution is -2.41. The van der Waals surface area contributed by atoms with Gasteiger partial charge in [-0.2, -0.15) is 0 Å². The maximum atomic E-state index is 13.7. The van der Waals surface area contributed by atoms with Gasteiger partial charge in [0.15, 0.2) is 11.5 Å². The molecule has 3 aromatic carbocycles. The first-order chi connectivity index (χ1) is 16.0. The summed E-state index contributed by atoms with van der Waals surface area (Å²) in [5.41, 5.74) is 11.4. The number of nitrogens with zero attached hydrogens (tertiary/aromatic N) is 2. The number of guanidine groups is 1. The summed E-state index contributed by atoms with van der Waals surface area (Å²) >= 11 is 0. The number of aliphatic imine (C=N–C) groups is 1. The molecule has 5 nitrogen and oxygen atoms in total. The van der Waals surface area contributed by atoms with Crippen molar-refractivity contribution in [3.05, 3.63) is 89.0 Å². The molecule has 1 unspecified atom stereocenters. The normalized spacial score (nSPS) is 19.9. The third-order valence-corrected chi connectivity index (χ3v) is 6.77. The Labute approximate surface area is 194 Å². The molecule has 33 heavy (non-hydrogen) atoms. The Kier molecular flexibility index (Phi) is 5.41. The molecule has 1 aliphatic heterocycles. The Morgan fingerprint density at radius 3 is 2.36 bits per heavy atom. The molecule has 5 rings (SSSR count). The van der Waals surface area contributed by atoms with E-state index in [-0.39, 0.29) is 11.9 Å². The number of nitrogens with two attached hydrogens (primary N) is 1. The van der Waals surface area contributed by atoms with Gasteiger partial charge in [0.1, 0.15) is 5.75 Å². The molecule has 1 heterocycles. The minimum absolute atomic E-state index is 0.129. The van der Waals surface area contributed by atoms with Crippen LogP contribution in [0.15, 0.2) is 71.7 Å². The summed E-state index contributed by atoms with van der Waals surface area (Å²) in [5, 5.41) is 0. The molecule has 1 amide bonds. The highest BCUT2D eigenvalue weighted by molar-refractivity contribution is 6.09. The molecule has 0 bridgehead atoms. The van der Waals surface area contributed by atoms with E-state index in [1.165, 1.54) is 28.9 Å². The molecule has 5 heteroatoms. The van der Waals surface area contributed by atoms with E-state index >= 15 is 0 Å². The first-order valence-electron chi connectivity index (χ1n) is 11.6. The lowest BCUT2D eigenvalue weighted by atomic mass is 9.79. The summed E-state index contributed by atoms with van der Waals surface area (Å²) in [7, 11) is 1.69. The predicted octanol–water partition coefficient (Wildman–Crippen LogP) is 4.66. The summed E-state index contributed by atoms with van der Waals surface area (Å²) in [6, 6.07) is 22.5. The van der Waals surface area contributed by atoms with Crippen molar-refractivity contribution in [1.29, 1.82) is 0 Å². The van der Waals surface area contributed by atoms with Gasteiger partial charge >= 0.3 is 0 Å². The summed E-state index contributed by atoms with van der Waals surface area (Å²) in [4.78, 5) is 20.0. The lowest BCUT2D eigenvalue weighted by Gasteiger charge is -2.28. The molecule has 2 N–H and O–H groups in total. The monoisotopic (exact) mass is 439 g/mol. The molecule has 168 valence electrons. The summed E-state index contributed by atoms with van der Waals surface area (Å²) < 4.78 is 5.69. The van der Waals surface area contributed by atoms with Gasteiger partial charge in [-0.25, -0.2) is 4.99 Å². The van der Waals surface area contributed by atoms with Gasteiger partial charge < -0.3 is 10.5 Å². The fourth-order valence-corrected chi connectivity index (χ4v) is 5.00. The zero-order valence-electron chi connectivity index (χ0n) is 19.2. The molecular formula is C28H29N3O2. The van der Waals surface area contributed by atoms with Crippen LogP contribution >= 0.6 is 0 Å². The topological polar surface area (TPSA) is 67.9 Å². The number of carbonyl (C=O) groups excluding carboxylic acids is 1. The minimum atomic E-state index is -1.18. The van der Waals surface area contributed by atoms with E-state index in [0.717, 1.165) is 40.8 Å². The van der Waals surface area contributed by atoms with Gasteiger partial charge in [-0.05, 0) is 84.2 Å². The number of ether oxygens (including phenoxy) is 1. The number of likely N-dealkylation sites (N-methyl/N-ethyl adjacent to an activating group) is 1. The number of hydrogen-bond acceptors (Lipinski definition) is 4. The summed E-state index contributed by atoms with van der Waals surface area (Å²) in [5.74, 6) is 0.932. The van der Waals surface area contributed by atoms with Crippen LogP contribution < -0.4 is 10.5 Å². The number of rotatable bonds is 5. The van der Waals surface area contributed by atoms with Crippen molar-refractivity contribution in [3.63, 3.8) is 0 Å². The Bertz CT molecular complexity index is 1250. The molecule has 3 aromatic rings. The van der Waals surface area contributed by atoms with Gasteiger partial charge in [0.05, 0.1) is 6.61 Å². The van der Waals surface area contributed by atoms with Gasteiger partial charge in [0.2, 0.25) is 0 Å². The third kappa shape index (κ3) is 3.58. The van der Waals surface area contributed by atoms with Crippen LogP contribution in [0.5, 0.6) is 5.75 Å². The van der Waals surface area contributed by atoms with Crippen molar-refractivity contribution < 1.29 is 9.53 Å². The number of amides is 1. The van der Waals surface area contributed by atoms with Crippen molar-refractivity contribution in [2.45, 2.75) is 38.1 Å². The highest BCUT2D eigenvalue weighted by Gasteiger charge is 2.49. The van der Waals surface area contributed by atoms with Crippen LogP contribution in [-0.2, 0) is 23.2 Å². The maximum Gasteiger partial charge on any atom is 0.266 e. The van der Waals surface area contributed by atoms with E-state index in [1.54, 1.807) is 7.05 Å². The van der Waals surface area contributed by atoms with Crippen LogP contribution in [0.4, 0.5) is 0 Å². The minimum Gasteiger partial charge on any atom is -0.494 e. The molecule has 0 spiro atoms. The lowest BCUT2D eigenvalue weighted by molar-refractivity contribution is -0.129. The molecule has 1 atom stereocenters. The average molecular weight is 440 g/mol. The number of benzene rings is 3. The van der Waals surface area contributed by atoms with Gasteiger partial charge in [-0.3, -0.25) is 9.69 Å². The van der Waals surface area contributed by atoms with E-state index in [1.807, 2.05) is 49.4 Å². The smallest absolute Gasteiger partial charge is 0.266 e. The Hall–Kier alpha value is -3.60. The first-order valence-corrected chi connectivity index (χ1v) is 11.6.